The van der Waals surface area contributed by atoms with Crippen molar-refractivity contribution in [3.8, 4) is 0 Å². The Balaban J connectivity index is 2.16. The molecule has 0 aliphatic carbocycles. The monoisotopic (exact) mass is 482 g/mol. The zero-order valence-corrected chi connectivity index (χ0v) is 16.5. The van der Waals surface area contributed by atoms with Crippen molar-refractivity contribution in [3.05, 3.63) is 63.2 Å². The molecule has 0 heterocycles. The van der Waals surface area contributed by atoms with Crippen molar-refractivity contribution in [2.75, 3.05) is 5.32 Å². The molecule has 1 atom stereocenters. The standard InChI is InChI=1S/C16H14Cl3IN2O/c1-10-5-7-13(8-6-10)21-15(16(17,18)19)22-14(23)11-3-2-4-12(20)9-11/h2-9,15,21H,1H3,(H,22,23). The third-order valence-electron chi connectivity index (χ3n) is 3.05. The molecule has 0 fully saturated rings. The Kier molecular flexibility index (Phi) is 6.42. The van der Waals surface area contributed by atoms with Crippen molar-refractivity contribution in [2.45, 2.75) is 16.9 Å². The van der Waals surface area contributed by atoms with Crippen LogP contribution < -0.4 is 10.6 Å². The molecule has 0 bridgehead atoms. The number of halogens is 4. The van der Waals surface area contributed by atoms with Crippen LogP contribution in [0.5, 0.6) is 0 Å². The second kappa shape index (κ2) is 7.92. The molecule has 2 N–H and O–H groups in total. The Morgan fingerprint density at radius 1 is 1.13 bits per heavy atom. The molecule has 0 saturated heterocycles. The Morgan fingerprint density at radius 3 is 2.35 bits per heavy atom. The SMILES string of the molecule is Cc1ccc(NC(NC(=O)c2cccc(I)c2)C(Cl)(Cl)Cl)cc1. The average molecular weight is 484 g/mol. The summed E-state index contributed by atoms with van der Waals surface area (Å²) < 4.78 is -0.755. The van der Waals surface area contributed by atoms with Crippen LogP contribution in [0.3, 0.4) is 0 Å². The van der Waals surface area contributed by atoms with E-state index in [1.807, 2.05) is 37.3 Å². The molecule has 7 heteroatoms. The number of anilines is 1. The third kappa shape index (κ3) is 5.71. The fraction of sp³-hybridized carbons (Fsp3) is 0.188. The quantitative estimate of drug-likeness (QED) is 0.359. The minimum absolute atomic E-state index is 0.320. The van der Waals surface area contributed by atoms with E-state index in [4.69, 9.17) is 34.8 Å². The first-order valence-electron chi connectivity index (χ1n) is 6.72. The number of hydrogen-bond acceptors (Lipinski definition) is 2. The third-order valence-corrected chi connectivity index (χ3v) is 4.38. The Labute approximate surface area is 163 Å². The molecule has 2 rings (SSSR count). The number of amides is 1. The van der Waals surface area contributed by atoms with Crippen molar-refractivity contribution in [2.24, 2.45) is 0 Å². The lowest BCUT2D eigenvalue weighted by Gasteiger charge is -2.27. The summed E-state index contributed by atoms with van der Waals surface area (Å²) in [6.45, 7) is 1.98. The molecular weight excluding hydrogens is 469 g/mol. The minimum Gasteiger partial charge on any atom is -0.362 e. The highest BCUT2D eigenvalue weighted by atomic mass is 127. The van der Waals surface area contributed by atoms with Crippen LogP contribution in [-0.2, 0) is 0 Å². The first-order chi connectivity index (χ1) is 10.8. The lowest BCUT2D eigenvalue weighted by atomic mass is 10.2. The molecule has 0 aliphatic heterocycles. The number of nitrogens with one attached hydrogen (secondary N) is 2. The van der Waals surface area contributed by atoms with E-state index in [9.17, 15) is 4.79 Å². The van der Waals surface area contributed by atoms with E-state index in [1.165, 1.54) is 0 Å². The normalized spacial score (nSPS) is 12.6. The lowest BCUT2D eigenvalue weighted by molar-refractivity contribution is 0.0942. The summed E-state index contributed by atoms with van der Waals surface area (Å²) in [7, 11) is 0. The summed E-state index contributed by atoms with van der Waals surface area (Å²) >= 11 is 20.1. The van der Waals surface area contributed by atoms with Crippen LogP contribution >= 0.6 is 57.4 Å². The summed E-state index contributed by atoms with van der Waals surface area (Å²) in [5.74, 6) is -0.320. The molecular formula is C16H14Cl3IN2O. The fourth-order valence-electron chi connectivity index (χ4n) is 1.86. The van der Waals surface area contributed by atoms with E-state index in [2.05, 4.69) is 33.2 Å². The van der Waals surface area contributed by atoms with Gasteiger partial charge in [0.05, 0.1) is 0 Å². The van der Waals surface area contributed by atoms with Crippen LogP contribution in [0.4, 0.5) is 5.69 Å². The summed E-state index contributed by atoms with van der Waals surface area (Å²) in [5, 5.41) is 5.75. The topological polar surface area (TPSA) is 41.1 Å². The maximum atomic E-state index is 12.4. The van der Waals surface area contributed by atoms with Gasteiger partial charge in [-0.25, -0.2) is 0 Å². The van der Waals surface area contributed by atoms with Crippen LogP contribution in [0.2, 0.25) is 0 Å². The van der Waals surface area contributed by atoms with Crippen molar-refractivity contribution in [1.29, 1.82) is 0 Å². The molecule has 2 aromatic rings. The first-order valence-corrected chi connectivity index (χ1v) is 8.93. The molecule has 0 spiro atoms. The van der Waals surface area contributed by atoms with Gasteiger partial charge in [0.15, 0.2) is 0 Å². The van der Waals surface area contributed by atoms with E-state index < -0.39 is 9.96 Å². The minimum atomic E-state index is -1.71. The molecule has 0 radical (unpaired) electrons. The smallest absolute Gasteiger partial charge is 0.253 e. The number of carbonyl (C=O) groups excluding carboxylic acids is 1. The first kappa shape index (κ1) is 18.6. The van der Waals surface area contributed by atoms with Gasteiger partial charge in [-0.3, -0.25) is 4.79 Å². The number of carbonyl (C=O) groups is 1. The predicted octanol–water partition coefficient (Wildman–Crippen LogP) is 5.14. The Bertz CT molecular complexity index is 686. The van der Waals surface area contributed by atoms with Gasteiger partial charge in [0.2, 0.25) is 3.79 Å². The molecule has 1 unspecified atom stereocenters. The Hall–Kier alpha value is -0.690. The summed E-state index contributed by atoms with van der Waals surface area (Å²) in [5.41, 5.74) is 2.36. The second-order valence-corrected chi connectivity index (χ2v) is 8.58. The highest BCUT2D eigenvalue weighted by Crippen LogP contribution is 2.31. The van der Waals surface area contributed by atoms with Crippen molar-refractivity contribution in [3.63, 3.8) is 0 Å². The summed E-state index contributed by atoms with van der Waals surface area (Å²) in [6.07, 6.45) is -0.874. The van der Waals surface area contributed by atoms with Gasteiger partial charge in [0, 0.05) is 14.8 Å². The average Bonchev–Trinajstić information content (AvgIpc) is 2.47. The van der Waals surface area contributed by atoms with Crippen LogP contribution in [0, 0.1) is 10.5 Å². The van der Waals surface area contributed by atoms with E-state index in [0.717, 1.165) is 14.8 Å². The molecule has 0 saturated carbocycles. The van der Waals surface area contributed by atoms with Crippen molar-refractivity contribution < 1.29 is 4.79 Å². The summed E-state index contributed by atoms with van der Waals surface area (Å²) in [6, 6.07) is 14.7. The summed E-state index contributed by atoms with van der Waals surface area (Å²) in [4.78, 5) is 12.4. The van der Waals surface area contributed by atoms with Gasteiger partial charge in [-0.05, 0) is 59.8 Å². The van der Waals surface area contributed by atoms with Crippen LogP contribution in [0.25, 0.3) is 0 Å². The molecule has 23 heavy (non-hydrogen) atoms. The largest absolute Gasteiger partial charge is 0.362 e. The fourth-order valence-corrected chi connectivity index (χ4v) is 2.73. The number of aryl methyl sites for hydroxylation is 1. The van der Waals surface area contributed by atoms with Crippen LogP contribution in [0.1, 0.15) is 15.9 Å². The van der Waals surface area contributed by atoms with Crippen molar-refractivity contribution >= 4 is 69.0 Å². The van der Waals surface area contributed by atoms with Crippen LogP contribution in [-0.4, -0.2) is 15.9 Å². The molecule has 0 aliphatic rings. The number of benzene rings is 2. The highest BCUT2D eigenvalue weighted by Gasteiger charge is 2.34. The van der Waals surface area contributed by atoms with E-state index in [0.29, 0.717) is 5.56 Å². The number of hydrogen-bond donors (Lipinski definition) is 2. The maximum absolute atomic E-state index is 12.4. The van der Waals surface area contributed by atoms with Gasteiger partial charge < -0.3 is 10.6 Å². The zero-order valence-electron chi connectivity index (χ0n) is 12.1. The molecule has 1 amide bonds. The van der Waals surface area contributed by atoms with Crippen molar-refractivity contribution in [1.82, 2.24) is 5.32 Å². The van der Waals surface area contributed by atoms with Gasteiger partial charge in [-0.1, -0.05) is 58.6 Å². The van der Waals surface area contributed by atoms with Crippen LogP contribution in [0.15, 0.2) is 48.5 Å². The predicted molar refractivity (Wildman–Crippen MR) is 106 cm³/mol. The Morgan fingerprint density at radius 2 is 1.78 bits per heavy atom. The zero-order chi connectivity index (χ0) is 17.0. The van der Waals surface area contributed by atoms with Gasteiger partial charge in [0.1, 0.15) is 6.17 Å². The molecule has 3 nitrogen and oxygen atoms in total. The molecule has 122 valence electrons. The lowest BCUT2D eigenvalue weighted by Crippen LogP contribution is -2.49. The van der Waals surface area contributed by atoms with Gasteiger partial charge in [-0.15, -0.1) is 0 Å². The molecule has 0 aromatic heterocycles. The van der Waals surface area contributed by atoms with E-state index in [1.54, 1.807) is 18.2 Å². The van der Waals surface area contributed by atoms with Gasteiger partial charge in [-0.2, -0.15) is 0 Å². The molecule has 2 aromatic carbocycles. The second-order valence-electron chi connectivity index (χ2n) is 4.97. The maximum Gasteiger partial charge on any atom is 0.253 e. The van der Waals surface area contributed by atoms with Gasteiger partial charge in [0.25, 0.3) is 5.91 Å². The number of rotatable bonds is 4. The van der Waals surface area contributed by atoms with E-state index in [-0.39, 0.29) is 5.91 Å². The number of alkyl halides is 3. The highest BCUT2D eigenvalue weighted by molar-refractivity contribution is 14.1. The van der Waals surface area contributed by atoms with Gasteiger partial charge >= 0.3 is 0 Å². The van der Waals surface area contributed by atoms with E-state index >= 15 is 0 Å².